The van der Waals surface area contributed by atoms with E-state index in [2.05, 4.69) is 10.2 Å². The van der Waals surface area contributed by atoms with Crippen molar-refractivity contribution in [3.63, 3.8) is 0 Å². The molecule has 2 aromatic rings. The zero-order valence-corrected chi connectivity index (χ0v) is 12.4. The summed E-state index contributed by atoms with van der Waals surface area (Å²) in [6, 6.07) is 8.01. The molecule has 1 amide bonds. The standard InChI is InChI=1S/C16H16F3N3O/c1-10(14(8-17)22-16(23)15(18)19)11-2-4-12(5-3-11)13-6-7-20-21-9-13/h2-7,9-10,14-15H,8H2,1H3,(H,22,23)/t10-,14-/m1/s1. The minimum absolute atomic E-state index is 0.438. The molecule has 1 heterocycles. The van der Waals surface area contributed by atoms with Crippen molar-refractivity contribution in [1.29, 1.82) is 0 Å². The Morgan fingerprint density at radius 1 is 1.13 bits per heavy atom. The number of rotatable bonds is 6. The van der Waals surface area contributed by atoms with Crippen LogP contribution in [0.2, 0.25) is 0 Å². The predicted octanol–water partition coefficient (Wildman–Crippen LogP) is 2.97. The van der Waals surface area contributed by atoms with Crippen LogP contribution in [0.1, 0.15) is 18.4 Å². The van der Waals surface area contributed by atoms with Crippen molar-refractivity contribution in [2.24, 2.45) is 0 Å². The third kappa shape index (κ3) is 4.28. The van der Waals surface area contributed by atoms with Gasteiger partial charge in [-0.05, 0) is 17.2 Å². The van der Waals surface area contributed by atoms with Crippen molar-refractivity contribution in [3.8, 4) is 11.1 Å². The van der Waals surface area contributed by atoms with E-state index in [1.54, 1.807) is 37.5 Å². The maximum absolute atomic E-state index is 13.1. The number of carbonyl (C=O) groups is 1. The number of halogens is 3. The Kier molecular flexibility index (Phi) is 5.67. The summed E-state index contributed by atoms with van der Waals surface area (Å²) < 4.78 is 37.7. The molecule has 0 bridgehead atoms. The summed E-state index contributed by atoms with van der Waals surface area (Å²) in [5, 5.41) is 9.52. The van der Waals surface area contributed by atoms with Gasteiger partial charge in [0.05, 0.1) is 18.4 Å². The van der Waals surface area contributed by atoms with Gasteiger partial charge in [-0.2, -0.15) is 19.0 Å². The maximum Gasteiger partial charge on any atom is 0.315 e. The van der Waals surface area contributed by atoms with E-state index in [1.165, 1.54) is 0 Å². The van der Waals surface area contributed by atoms with Gasteiger partial charge in [0.2, 0.25) is 0 Å². The first-order valence-electron chi connectivity index (χ1n) is 7.04. The van der Waals surface area contributed by atoms with Crippen LogP contribution < -0.4 is 5.32 Å². The molecule has 0 spiro atoms. The van der Waals surface area contributed by atoms with E-state index < -0.39 is 31.0 Å². The van der Waals surface area contributed by atoms with Crippen LogP contribution in [-0.4, -0.2) is 35.2 Å². The molecule has 0 unspecified atom stereocenters. The van der Waals surface area contributed by atoms with Crippen molar-refractivity contribution < 1.29 is 18.0 Å². The molecule has 0 aliphatic heterocycles. The molecule has 0 aliphatic rings. The summed E-state index contributed by atoms with van der Waals surface area (Å²) in [4.78, 5) is 11.0. The predicted molar refractivity (Wildman–Crippen MR) is 79.8 cm³/mol. The van der Waals surface area contributed by atoms with E-state index in [9.17, 15) is 18.0 Å². The maximum atomic E-state index is 13.1. The fraction of sp³-hybridized carbons (Fsp3) is 0.312. The third-order valence-electron chi connectivity index (χ3n) is 3.65. The van der Waals surface area contributed by atoms with Gasteiger partial charge in [-0.15, -0.1) is 0 Å². The zero-order valence-electron chi connectivity index (χ0n) is 12.4. The van der Waals surface area contributed by atoms with Crippen LogP contribution in [0.5, 0.6) is 0 Å². The summed E-state index contributed by atoms with van der Waals surface area (Å²) in [5.41, 5.74) is 2.53. The fourth-order valence-corrected chi connectivity index (χ4v) is 2.22. The van der Waals surface area contributed by atoms with Gasteiger partial charge in [-0.1, -0.05) is 31.2 Å². The minimum Gasteiger partial charge on any atom is -0.345 e. The molecule has 122 valence electrons. The summed E-state index contributed by atoms with van der Waals surface area (Å²) in [6.45, 7) is 0.759. The second kappa shape index (κ2) is 7.71. The Hall–Kier alpha value is -2.44. The third-order valence-corrected chi connectivity index (χ3v) is 3.65. The molecule has 23 heavy (non-hydrogen) atoms. The van der Waals surface area contributed by atoms with E-state index in [-0.39, 0.29) is 0 Å². The van der Waals surface area contributed by atoms with Gasteiger partial charge < -0.3 is 5.32 Å². The van der Waals surface area contributed by atoms with Crippen LogP contribution in [0.4, 0.5) is 13.2 Å². The highest BCUT2D eigenvalue weighted by Gasteiger charge is 2.25. The molecule has 0 fully saturated rings. The fourth-order valence-electron chi connectivity index (χ4n) is 2.22. The van der Waals surface area contributed by atoms with Crippen LogP contribution in [0, 0.1) is 0 Å². The van der Waals surface area contributed by atoms with E-state index in [0.29, 0.717) is 0 Å². The molecule has 7 heteroatoms. The summed E-state index contributed by atoms with van der Waals surface area (Å²) in [5.74, 6) is -1.90. The molecule has 0 radical (unpaired) electrons. The number of carbonyl (C=O) groups excluding carboxylic acids is 1. The monoisotopic (exact) mass is 323 g/mol. The van der Waals surface area contributed by atoms with Gasteiger partial charge >= 0.3 is 6.43 Å². The van der Waals surface area contributed by atoms with Gasteiger partial charge in [-0.25, -0.2) is 4.39 Å². The molecule has 1 aromatic carbocycles. The highest BCUT2D eigenvalue weighted by Crippen LogP contribution is 2.24. The van der Waals surface area contributed by atoms with Gasteiger partial charge in [-0.3, -0.25) is 4.79 Å². The Morgan fingerprint density at radius 2 is 1.83 bits per heavy atom. The van der Waals surface area contributed by atoms with Gasteiger partial charge in [0, 0.05) is 11.5 Å². The molecule has 2 rings (SSSR count). The summed E-state index contributed by atoms with van der Waals surface area (Å²) in [7, 11) is 0. The van der Waals surface area contributed by atoms with E-state index in [4.69, 9.17) is 0 Å². The average Bonchev–Trinajstić information content (AvgIpc) is 2.59. The average molecular weight is 323 g/mol. The molecule has 4 nitrogen and oxygen atoms in total. The van der Waals surface area contributed by atoms with Crippen LogP contribution in [0.15, 0.2) is 42.7 Å². The van der Waals surface area contributed by atoms with Crippen molar-refractivity contribution in [1.82, 2.24) is 15.5 Å². The lowest BCUT2D eigenvalue weighted by atomic mass is 9.92. The number of nitrogens with one attached hydrogen (secondary N) is 1. The number of hydrogen-bond donors (Lipinski definition) is 1. The Morgan fingerprint density at radius 3 is 2.35 bits per heavy atom. The SMILES string of the molecule is C[C@H](c1ccc(-c2ccnnc2)cc1)[C@@H](CF)NC(=O)C(F)F. The van der Waals surface area contributed by atoms with Crippen molar-refractivity contribution in [2.75, 3.05) is 6.67 Å². The second-order valence-corrected chi connectivity index (χ2v) is 5.11. The smallest absolute Gasteiger partial charge is 0.315 e. The molecule has 0 saturated carbocycles. The van der Waals surface area contributed by atoms with Crippen molar-refractivity contribution in [2.45, 2.75) is 25.3 Å². The number of benzene rings is 1. The molecular formula is C16H16F3N3O. The lowest BCUT2D eigenvalue weighted by molar-refractivity contribution is -0.132. The normalized spacial score (nSPS) is 13.6. The lowest BCUT2D eigenvalue weighted by Crippen LogP contribution is -2.42. The first-order chi connectivity index (χ1) is 11.0. The number of nitrogens with zero attached hydrogens (tertiary/aromatic N) is 2. The Labute approximate surface area is 131 Å². The summed E-state index contributed by atoms with van der Waals surface area (Å²) in [6.07, 6.45) is 0.0362. The number of hydrogen-bond acceptors (Lipinski definition) is 3. The highest BCUT2D eigenvalue weighted by atomic mass is 19.3. The minimum atomic E-state index is -3.15. The molecular weight excluding hydrogens is 307 g/mol. The molecule has 0 saturated heterocycles. The first-order valence-corrected chi connectivity index (χ1v) is 7.04. The molecule has 2 atom stereocenters. The van der Waals surface area contributed by atoms with E-state index in [0.717, 1.165) is 16.7 Å². The Bertz CT molecular complexity index is 635. The summed E-state index contributed by atoms with van der Waals surface area (Å²) >= 11 is 0. The quantitative estimate of drug-likeness (QED) is 0.889. The topological polar surface area (TPSA) is 54.9 Å². The largest absolute Gasteiger partial charge is 0.345 e. The molecule has 1 N–H and O–H groups in total. The van der Waals surface area contributed by atoms with Crippen LogP contribution in [0.25, 0.3) is 11.1 Å². The van der Waals surface area contributed by atoms with Crippen LogP contribution >= 0.6 is 0 Å². The van der Waals surface area contributed by atoms with Crippen LogP contribution in [0.3, 0.4) is 0 Å². The van der Waals surface area contributed by atoms with Crippen LogP contribution in [-0.2, 0) is 4.79 Å². The second-order valence-electron chi connectivity index (χ2n) is 5.11. The zero-order chi connectivity index (χ0) is 16.8. The lowest BCUT2D eigenvalue weighted by Gasteiger charge is -2.23. The van der Waals surface area contributed by atoms with Crippen molar-refractivity contribution in [3.05, 3.63) is 48.3 Å². The Balaban J connectivity index is 2.12. The van der Waals surface area contributed by atoms with Gasteiger partial charge in [0.15, 0.2) is 0 Å². The molecule has 1 aromatic heterocycles. The number of aromatic nitrogens is 2. The van der Waals surface area contributed by atoms with E-state index >= 15 is 0 Å². The molecule has 0 aliphatic carbocycles. The van der Waals surface area contributed by atoms with E-state index in [1.807, 2.05) is 17.4 Å². The van der Waals surface area contributed by atoms with Gasteiger partial charge in [0.25, 0.3) is 5.91 Å². The highest BCUT2D eigenvalue weighted by molar-refractivity contribution is 5.79. The number of amides is 1. The first kappa shape index (κ1) is 16.9. The van der Waals surface area contributed by atoms with Gasteiger partial charge in [0.1, 0.15) is 6.67 Å². The number of alkyl halides is 3. The van der Waals surface area contributed by atoms with Crippen molar-refractivity contribution >= 4 is 5.91 Å².